The van der Waals surface area contributed by atoms with Crippen molar-refractivity contribution in [3.63, 3.8) is 0 Å². The van der Waals surface area contributed by atoms with Gasteiger partial charge in [0.05, 0.1) is 11.3 Å². The predicted octanol–water partition coefficient (Wildman–Crippen LogP) is 3.08. The lowest BCUT2D eigenvalue weighted by atomic mass is 10.1. The molecule has 1 aromatic carbocycles. The van der Waals surface area contributed by atoms with Crippen molar-refractivity contribution in [2.75, 3.05) is 5.32 Å². The molecular weight excluding hydrogens is 371 g/mol. The quantitative estimate of drug-likeness (QED) is 0.629. The Labute approximate surface area is 131 Å². The van der Waals surface area contributed by atoms with E-state index in [0.717, 1.165) is 22.5 Å². The van der Waals surface area contributed by atoms with E-state index < -0.39 is 0 Å². The van der Waals surface area contributed by atoms with E-state index in [9.17, 15) is 0 Å². The number of aryl methyl sites for hydroxylation is 1. The van der Waals surface area contributed by atoms with Crippen molar-refractivity contribution in [2.24, 2.45) is 5.73 Å². The fourth-order valence-corrected chi connectivity index (χ4v) is 2.28. The minimum absolute atomic E-state index is 0.323. The van der Waals surface area contributed by atoms with Crippen LogP contribution in [0, 0.1) is 17.4 Å². The van der Waals surface area contributed by atoms with Gasteiger partial charge < -0.3 is 11.1 Å². The van der Waals surface area contributed by atoms with Crippen molar-refractivity contribution in [1.82, 2.24) is 10.2 Å². The number of anilines is 2. The van der Waals surface area contributed by atoms with Gasteiger partial charge in [-0.25, -0.2) is 0 Å². The number of nitrogens with one attached hydrogen (secondary N) is 1. The Morgan fingerprint density at radius 1 is 1.21 bits per heavy atom. The van der Waals surface area contributed by atoms with Crippen LogP contribution in [-0.2, 0) is 0 Å². The third kappa shape index (κ3) is 3.19. The Hall–Kier alpha value is -1.28. The summed E-state index contributed by atoms with van der Waals surface area (Å²) in [7, 11) is 0. The summed E-state index contributed by atoms with van der Waals surface area (Å²) in [6, 6.07) is 7.97. The molecule has 2 rings (SSSR count). The molecular formula is C13H13IN4S. The van der Waals surface area contributed by atoms with Crippen LogP contribution in [-0.4, -0.2) is 15.2 Å². The van der Waals surface area contributed by atoms with E-state index >= 15 is 0 Å². The van der Waals surface area contributed by atoms with Crippen molar-refractivity contribution in [3.8, 4) is 0 Å². The number of hydrogen-bond donors (Lipinski definition) is 2. The molecule has 3 N–H and O–H groups in total. The maximum absolute atomic E-state index is 5.78. The normalized spacial score (nSPS) is 10.3. The van der Waals surface area contributed by atoms with Gasteiger partial charge in [0.15, 0.2) is 5.82 Å². The van der Waals surface area contributed by atoms with Crippen LogP contribution in [0.5, 0.6) is 0 Å². The first-order chi connectivity index (χ1) is 8.99. The van der Waals surface area contributed by atoms with Crippen LogP contribution in [0.3, 0.4) is 0 Å². The van der Waals surface area contributed by atoms with E-state index in [1.807, 2.05) is 38.1 Å². The van der Waals surface area contributed by atoms with Crippen LogP contribution < -0.4 is 11.1 Å². The number of hydrogen-bond acceptors (Lipinski definition) is 4. The van der Waals surface area contributed by atoms with Crippen LogP contribution in [0.2, 0.25) is 0 Å². The minimum atomic E-state index is 0.323. The molecule has 0 atom stereocenters. The molecule has 1 heterocycles. The summed E-state index contributed by atoms with van der Waals surface area (Å²) >= 11 is 7.36. The Bertz CT molecular complexity index is 625. The number of rotatable bonds is 3. The number of thiocarbonyl (C=S) groups is 1. The second kappa shape index (κ2) is 5.79. The smallest absolute Gasteiger partial charge is 0.163 e. The first kappa shape index (κ1) is 14.1. The Balaban J connectivity index is 2.42. The largest absolute Gasteiger partial charge is 0.389 e. The van der Waals surface area contributed by atoms with Gasteiger partial charge in [0.2, 0.25) is 0 Å². The van der Waals surface area contributed by atoms with Crippen molar-refractivity contribution < 1.29 is 0 Å². The number of nitrogens with two attached hydrogens (primary N) is 1. The molecule has 2 aromatic rings. The van der Waals surface area contributed by atoms with Crippen LogP contribution in [0.4, 0.5) is 11.5 Å². The summed E-state index contributed by atoms with van der Waals surface area (Å²) in [6.07, 6.45) is 0. The van der Waals surface area contributed by atoms with Crippen LogP contribution in [0.15, 0.2) is 24.3 Å². The highest BCUT2D eigenvalue weighted by Crippen LogP contribution is 2.22. The molecule has 0 aliphatic carbocycles. The minimum Gasteiger partial charge on any atom is -0.389 e. The first-order valence-electron chi connectivity index (χ1n) is 5.65. The van der Waals surface area contributed by atoms with E-state index in [1.165, 1.54) is 3.57 Å². The number of nitrogens with zero attached hydrogens (tertiary/aromatic N) is 2. The van der Waals surface area contributed by atoms with Gasteiger partial charge in [-0.05, 0) is 66.3 Å². The fourth-order valence-electron chi connectivity index (χ4n) is 1.67. The van der Waals surface area contributed by atoms with Gasteiger partial charge in [-0.2, -0.15) is 5.10 Å². The van der Waals surface area contributed by atoms with Crippen LogP contribution in [0.25, 0.3) is 0 Å². The zero-order chi connectivity index (χ0) is 14.0. The van der Waals surface area contributed by atoms with E-state index in [4.69, 9.17) is 18.0 Å². The zero-order valence-corrected chi connectivity index (χ0v) is 13.5. The molecule has 19 heavy (non-hydrogen) atoms. The van der Waals surface area contributed by atoms with Crippen molar-refractivity contribution in [2.45, 2.75) is 13.8 Å². The first-order valence-corrected chi connectivity index (χ1v) is 7.14. The van der Waals surface area contributed by atoms with Crippen molar-refractivity contribution in [3.05, 3.63) is 44.7 Å². The molecule has 0 spiro atoms. The van der Waals surface area contributed by atoms with Crippen LogP contribution >= 0.6 is 34.8 Å². The van der Waals surface area contributed by atoms with Gasteiger partial charge in [0.1, 0.15) is 4.99 Å². The summed E-state index contributed by atoms with van der Waals surface area (Å²) in [4.78, 5) is 0.323. The van der Waals surface area contributed by atoms with Gasteiger partial charge in [-0.15, -0.1) is 5.10 Å². The summed E-state index contributed by atoms with van der Waals surface area (Å²) < 4.78 is 1.17. The van der Waals surface area contributed by atoms with E-state index in [0.29, 0.717) is 10.8 Å². The summed E-state index contributed by atoms with van der Waals surface area (Å²) in [6.45, 7) is 3.83. The van der Waals surface area contributed by atoms with Gasteiger partial charge in [-0.3, -0.25) is 0 Å². The van der Waals surface area contributed by atoms with Crippen LogP contribution in [0.1, 0.15) is 16.8 Å². The molecule has 1 aromatic heterocycles. The Morgan fingerprint density at radius 3 is 2.42 bits per heavy atom. The SMILES string of the molecule is Cc1nnc(Nc2ccc(I)cc2)c(C(N)=S)c1C. The van der Waals surface area contributed by atoms with E-state index in [1.54, 1.807) is 0 Å². The molecule has 0 saturated carbocycles. The Morgan fingerprint density at radius 2 is 1.84 bits per heavy atom. The van der Waals surface area contributed by atoms with E-state index in [-0.39, 0.29) is 0 Å². The van der Waals surface area contributed by atoms with Crippen molar-refractivity contribution >= 4 is 51.3 Å². The second-order valence-electron chi connectivity index (χ2n) is 4.13. The highest BCUT2D eigenvalue weighted by Gasteiger charge is 2.13. The third-order valence-electron chi connectivity index (χ3n) is 2.81. The average molecular weight is 384 g/mol. The monoisotopic (exact) mass is 384 g/mol. The maximum Gasteiger partial charge on any atom is 0.163 e. The van der Waals surface area contributed by atoms with Crippen molar-refractivity contribution in [1.29, 1.82) is 0 Å². The highest BCUT2D eigenvalue weighted by molar-refractivity contribution is 14.1. The molecule has 0 fully saturated rings. The second-order valence-corrected chi connectivity index (χ2v) is 5.82. The highest BCUT2D eigenvalue weighted by atomic mass is 127. The molecule has 0 saturated heterocycles. The lowest BCUT2D eigenvalue weighted by Gasteiger charge is -2.13. The molecule has 0 radical (unpaired) electrons. The molecule has 0 aliphatic heterocycles. The third-order valence-corrected chi connectivity index (χ3v) is 3.73. The Kier molecular flexibility index (Phi) is 4.31. The molecule has 98 valence electrons. The van der Waals surface area contributed by atoms with Gasteiger partial charge in [0, 0.05) is 9.26 Å². The standard InChI is InChI=1S/C13H13IN4S/c1-7-8(2)17-18-13(11(7)12(15)19)16-10-5-3-9(14)4-6-10/h3-6H,1-2H3,(H2,15,19)(H,16,18). The molecule has 6 heteroatoms. The van der Waals surface area contributed by atoms with Gasteiger partial charge in [0.25, 0.3) is 0 Å². The summed E-state index contributed by atoms with van der Waals surface area (Å²) in [5.41, 5.74) is 9.25. The van der Waals surface area contributed by atoms with E-state index in [2.05, 4.69) is 38.1 Å². The molecule has 0 unspecified atom stereocenters. The van der Waals surface area contributed by atoms with Gasteiger partial charge in [-0.1, -0.05) is 12.2 Å². The molecule has 0 aliphatic rings. The van der Waals surface area contributed by atoms with Gasteiger partial charge >= 0.3 is 0 Å². The summed E-state index contributed by atoms with van der Waals surface area (Å²) in [5.74, 6) is 0.594. The fraction of sp³-hybridized carbons (Fsp3) is 0.154. The summed E-state index contributed by atoms with van der Waals surface area (Å²) in [5, 5.41) is 11.5. The molecule has 4 nitrogen and oxygen atoms in total. The number of benzene rings is 1. The molecule has 0 amide bonds. The lowest BCUT2D eigenvalue weighted by Crippen LogP contribution is -2.16. The zero-order valence-electron chi connectivity index (χ0n) is 10.6. The average Bonchev–Trinajstić information content (AvgIpc) is 2.36. The lowest BCUT2D eigenvalue weighted by molar-refractivity contribution is 0.963. The maximum atomic E-state index is 5.78. The number of aromatic nitrogens is 2. The topological polar surface area (TPSA) is 63.8 Å². The molecule has 0 bridgehead atoms. The predicted molar refractivity (Wildman–Crippen MR) is 89.8 cm³/mol. The number of halogens is 1.